The number of furan rings is 1. The van der Waals surface area contributed by atoms with Gasteiger partial charge in [0.25, 0.3) is 0 Å². The molecule has 0 aromatic carbocycles. The van der Waals surface area contributed by atoms with E-state index >= 15 is 0 Å². The zero-order chi connectivity index (χ0) is 15.1. The maximum absolute atomic E-state index is 5.34. The topological polar surface area (TPSA) is 74.0 Å². The molecule has 0 unspecified atom stereocenters. The van der Waals surface area contributed by atoms with Gasteiger partial charge >= 0.3 is 0 Å². The Morgan fingerprint density at radius 2 is 2.23 bits per heavy atom. The maximum atomic E-state index is 5.34. The molecular formula is C15H14N6O. The van der Waals surface area contributed by atoms with Crippen molar-refractivity contribution in [2.24, 2.45) is 0 Å². The molecule has 0 atom stereocenters. The first-order chi connectivity index (χ1) is 10.7. The van der Waals surface area contributed by atoms with E-state index in [0.29, 0.717) is 18.1 Å². The van der Waals surface area contributed by atoms with E-state index in [-0.39, 0.29) is 0 Å². The summed E-state index contributed by atoms with van der Waals surface area (Å²) in [5.41, 5.74) is 2.76. The summed E-state index contributed by atoms with van der Waals surface area (Å²) in [6, 6.07) is 3.64. The van der Waals surface area contributed by atoms with Crippen LogP contribution in [0.1, 0.15) is 13.8 Å². The zero-order valence-corrected chi connectivity index (χ0v) is 12.3. The van der Waals surface area contributed by atoms with Crippen molar-refractivity contribution in [1.82, 2.24) is 29.4 Å². The molecule has 0 spiro atoms. The highest BCUT2D eigenvalue weighted by atomic mass is 16.3. The van der Waals surface area contributed by atoms with Crippen LogP contribution in [0.5, 0.6) is 0 Å². The molecular weight excluding hydrogens is 280 g/mol. The van der Waals surface area contributed by atoms with Gasteiger partial charge in [0.1, 0.15) is 6.33 Å². The average molecular weight is 294 g/mol. The van der Waals surface area contributed by atoms with Crippen LogP contribution in [0, 0.1) is 0 Å². The number of fused-ring (bicyclic) bond motifs is 3. The van der Waals surface area contributed by atoms with Crippen LogP contribution >= 0.6 is 0 Å². The van der Waals surface area contributed by atoms with Crippen LogP contribution in [0.2, 0.25) is 0 Å². The third-order valence-corrected chi connectivity index (χ3v) is 3.39. The number of hydrogen-bond acceptors (Lipinski definition) is 5. The van der Waals surface area contributed by atoms with Gasteiger partial charge in [-0.25, -0.2) is 19.2 Å². The van der Waals surface area contributed by atoms with Gasteiger partial charge in [-0.3, -0.25) is 0 Å². The Balaban J connectivity index is 1.87. The maximum Gasteiger partial charge on any atom is 0.217 e. The summed E-state index contributed by atoms with van der Waals surface area (Å²) in [4.78, 5) is 8.98. The van der Waals surface area contributed by atoms with Gasteiger partial charge in [0, 0.05) is 0 Å². The van der Waals surface area contributed by atoms with E-state index < -0.39 is 0 Å². The molecule has 0 aliphatic rings. The Morgan fingerprint density at radius 3 is 3.00 bits per heavy atom. The molecule has 0 bridgehead atoms. The lowest BCUT2D eigenvalue weighted by Crippen LogP contribution is -2.00. The van der Waals surface area contributed by atoms with Crippen molar-refractivity contribution in [2.75, 3.05) is 0 Å². The second-order valence-corrected chi connectivity index (χ2v) is 5.27. The standard InChI is InChI=1S/C15H14N6O/c1-10(2)5-6-20-14-11(8-17-20)15-18-13(12-4-3-7-22-12)19-21(15)9-16-14/h3-5,7-9H,6H2,1-2H3. The Kier molecular flexibility index (Phi) is 2.78. The summed E-state index contributed by atoms with van der Waals surface area (Å²) in [5, 5.41) is 9.65. The third-order valence-electron chi connectivity index (χ3n) is 3.39. The van der Waals surface area contributed by atoms with Gasteiger partial charge < -0.3 is 4.42 Å². The summed E-state index contributed by atoms with van der Waals surface area (Å²) < 4.78 is 8.84. The smallest absolute Gasteiger partial charge is 0.217 e. The molecule has 4 aromatic heterocycles. The molecule has 0 aliphatic heterocycles. The highest BCUT2D eigenvalue weighted by molar-refractivity contribution is 5.88. The first-order valence-electron chi connectivity index (χ1n) is 6.96. The van der Waals surface area contributed by atoms with Gasteiger partial charge in [-0.2, -0.15) is 5.10 Å². The van der Waals surface area contributed by atoms with E-state index in [1.165, 1.54) is 5.57 Å². The second-order valence-electron chi connectivity index (χ2n) is 5.27. The molecule has 4 heterocycles. The first kappa shape index (κ1) is 12.8. The van der Waals surface area contributed by atoms with E-state index in [4.69, 9.17) is 4.42 Å². The second kappa shape index (κ2) is 4.80. The predicted octanol–water partition coefficient (Wildman–Crippen LogP) is 2.70. The molecule has 0 fully saturated rings. The fourth-order valence-electron chi connectivity index (χ4n) is 2.28. The molecule has 7 heteroatoms. The zero-order valence-electron chi connectivity index (χ0n) is 12.3. The Bertz CT molecular complexity index is 972. The summed E-state index contributed by atoms with van der Waals surface area (Å²) >= 11 is 0. The average Bonchev–Trinajstić information content (AvgIpc) is 3.22. The predicted molar refractivity (Wildman–Crippen MR) is 81.2 cm³/mol. The van der Waals surface area contributed by atoms with Gasteiger partial charge in [-0.15, -0.1) is 5.10 Å². The molecule has 7 nitrogen and oxygen atoms in total. The highest BCUT2D eigenvalue weighted by Crippen LogP contribution is 2.21. The number of allylic oxidation sites excluding steroid dienone is 2. The van der Waals surface area contributed by atoms with Crippen molar-refractivity contribution >= 4 is 16.7 Å². The number of rotatable bonds is 3. The monoisotopic (exact) mass is 294 g/mol. The number of aromatic nitrogens is 6. The minimum atomic E-state index is 0.538. The van der Waals surface area contributed by atoms with Crippen LogP contribution in [0.4, 0.5) is 0 Å². The molecule has 4 rings (SSSR count). The molecule has 0 N–H and O–H groups in total. The van der Waals surface area contributed by atoms with E-state index in [1.54, 1.807) is 23.3 Å². The number of nitrogens with zero attached hydrogens (tertiary/aromatic N) is 6. The molecule has 22 heavy (non-hydrogen) atoms. The van der Waals surface area contributed by atoms with Gasteiger partial charge in [0.05, 0.1) is 24.4 Å². The van der Waals surface area contributed by atoms with Gasteiger partial charge in [0.2, 0.25) is 5.82 Å². The molecule has 0 amide bonds. The summed E-state index contributed by atoms with van der Waals surface area (Å²) in [6.07, 6.45) is 7.14. The summed E-state index contributed by atoms with van der Waals surface area (Å²) in [6.45, 7) is 4.81. The van der Waals surface area contributed by atoms with Crippen LogP contribution in [-0.4, -0.2) is 29.4 Å². The van der Waals surface area contributed by atoms with Crippen LogP contribution in [0.3, 0.4) is 0 Å². The minimum Gasteiger partial charge on any atom is -0.461 e. The number of hydrogen-bond donors (Lipinski definition) is 0. The van der Waals surface area contributed by atoms with E-state index in [2.05, 4.69) is 40.1 Å². The lowest BCUT2D eigenvalue weighted by molar-refractivity contribution is 0.577. The molecule has 4 aromatic rings. The third kappa shape index (κ3) is 1.98. The van der Waals surface area contributed by atoms with Crippen molar-refractivity contribution < 1.29 is 4.42 Å². The van der Waals surface area contributed by atoms with Gasteiger partial charge in [-0.1, -0.05) is 11.6 Å². The van der Waals surface area contributed by atoms with Crippen LogP contribution < -0.4 is 0 Å². The molecule has 0 saturated carbocycles. The fraction of sp³-hybridized carbons (Fsp3) is 0.200. The van der Waals surface area contributed by atoms with Crippen molar-refractivity contribution in [3.8, 4) is 11.6 Å². The quantitative estimate of drug-likeness (QED) is 0.543. The first-order valence-corrected chi connectivity index (χ1v) is 6.96. The van der Waals surface area contributed by atoms with Crippen molar-refractivity contribution in [3.63, 3.8) is 0 Å². The van der Waals surface area contributed by atoms with E-state index in [9.17, 15) is 0 Å². The van der Waals surface area contributed by atoms with Crippen molar-refractivity contribution in [3.05, 3.63) is 42.6 Å². The van der Waals surface area contributed by atoms with Gasteiger partial charge in [0.15, 0.2) is 17.1 Å². The lowest BCUT2D eigenvalue weighted by Gasteiger charge is -1.99. The molecule has 0 radical (unpaired) electrons. The van der Waals surface area contributed by atoms with Crippen molar-refractivity contribution in [2.45, 2.75) is 20.4 Å². The Hall–Kier alpha value is -2.96. The summed E-state index contributed by atoms with van der Waals surface area (Å²) in [7, 11) is 0. The van der Waals surface area contributed by atoms with E-state index in [1.807, 2.05) is 16.8 Å². The van der Waals surface area contributed by atoms with E-state index in [0.717, 1.165) is 16.7 Å². The molecule has 110 valence electrons. The lowest BCUT2D eigenvalue weighted by atomic mass is 10.3. The van der Waals surface area contributed by atoms with Crippen LogP contribution in [0.15, 0.2) is 47.0 Å². The Morgan fingerprint density at radius 1 is 1.32 bits per heavy atom. The SMILES string of the molecule is CC(C)=CCn1ncc2c1ncn1nc(-c3ccco3)nc21. The molecule has 0 aliphatic carbocycles. The van der Waals surface area contributed by atoms with Gasteiger partial charge in [-0.05, 0) is 26.0 Å². The van der Waals surface area contributed by atoms with Crippen LogP contribution in [0.25, 0.3) is 28.3 Å². The minimum absolute atomic E-state index is 0.538. The molecule has 0 saturated heterocycles. The van der Waals surface area contributed by atoms with Crippen molar-refractivity contribution in [1.29, 1.82) is 0 Å². The Labute approximate surface area is 125 Å². The van der Waals surface area contributed by atoms with Crippen LogP contribution in [-0.2, 0) is 6.54 Å². The highest BCUT2D eigenvalue weighted by Gasteiger charge is 2.14. The normalized spacial score (nSPS) is 11.4. The summed E-state index contributed by atoms with van der Waals surface area (Å²) in [5.74, 6) is 1.17. The largest absolute Gasteiger partial charge is 0.461 e. The fourth-order valence-corrected chi connectivity index (χ4v) is 2.28.